The predicted molar refractivity (Wildman–Crippen MR) is 141 cm³/mol. The van der Waals surface area contributed by atoms with Crippen molar-refractivity contribution in [3.8, 4) is 34.0 Å². The lowest BCUT2D eigenvalue weighted by atomic mass is 10.0. The van der Waals surface area contributed by atoms with E-state index in [0.29, 0.717) is 22.5 Å². The third-order valence-electron chi connectivity index (χ3n) is 5.61. The lowest BCUT2D eigenvalue weighted by Gasteiger charge is -2.14. The molecule has 1 heterocycles. The summed E-state index contributed by atoms with van der Waals surface area (Å²) >= 11 is 12.9. The van der Waals surface area contributed by atoms with E-state index in [1.54, 1.807) is 48.9 Å². The molecule has 0 saturated heterocycles. The Bertz CT molecular complexity index is 1680. The zero-order valence-corrected chi connectivity index (χ0v) is 22.6. The monoisotopic (exact) mass is 578 g/mol. The maximum absolute atomic E-state index is 14.2. The van der Waals surface area contributed by atoms with Crippen LogP contribution in [-0.2, 0) is 15.4 Å². The Kier molecular flexibility index (Phi) is 7.28. The van der Waals surface area contributed by atoms with E-state index in [9.17, 15) is 22.7 Å². The number of nitrogens with zero attached hydrogens (tertiary/aromatic N) is 2. The molecule has 4 rings (SSSR count). The van der Waals surface area contributed by atoms with Gasteiger partial charge in [0.2, 0.25) is 0 Å². The summed E-state index contributed by atoms with van der Waals surface area (Å²) in [7, 11) is -3.83. The third-order valence-corrected chi connectivity index (χ3v) is 7.41. The highest BCUT2D eigenvalue weighted by atomic mass is 35.5. The Balaban J connectivity index is 1.86. The van der Waals surface area contributed by atoms with Gasteiger partial charge < -0.3 is 14.9 Å². The van der Waals surface area contributed by atoms with Crippen molar-refractivity contribution in [3.05, 3.63) is 82.4 Å². The zero-order valence-electron chi connectivity index (χ0n) is 20.2. The van der Waals surface area contributed by atoms with Gasteiger partial charge in [0, 0.05) is 18.0 Å². The average molecular weight is 579 g/mol. The number of aliphatic hydroxyl groups is 1. The first-order valence-corrected chi connectivity index (χ1v) is 13.6. The molecule has 0 aliphatic rings. The number of carboxylic acid groups (broad SMARTS) is 1. The number of rotatable bonds is 6. The molecular formula is C26H21Cl2FN2O6S. The second kappa shape index (κ2) is 10.0. The Hall–Kier alpha value is -3.44. The summed E-state index contributed by atoms with van der Waals surface area (Å²) in [5, 5.41) is 19.6. The molecule has 3 aromatic carbocycles. The molecule has 2 N–H and O–H groups in total. The summed E-state index contributed by atoms with van der Waals surface area (Å²) in [5.41, 5.74) is 0.650. The quantitative estimate of drug-likeness (QED) is 0.202. The molecule has 0 aliphatic heterocycles. The highest BCUT2D eigenvalue weighted by Gasteiger charge is 2.25. The largest absolute Gasteiger partial charge is 0.511 e. The molecule has 12 heteroatoms. The molecule has 0 fully saturated rings. The van der Waals surface area contributed by atoms with Crippen molar-refractivity contribution in [2.45, 2.75) is 24.3 Å². The number of ether oxygens (including phenoxy) is 1. The van der Waals surface area contributed by atoms with Crippen molar-refractivity contribution in [3.63, 3.8) is 0 Å². The lowest BCUT2D eigenvalue weighted by molar-refractivity contribution is 0.0743. The van der Waals surface area contributed by atoms with E-state index in [1.165, 1.54) is 30.3 Å². The number of hydrogen-bond donors (Lipinski definition) is 2. The fraction of sp³-hybridized carbons (Fsp3) is 0.154. The first-order valence-electron chi connectivity index (χ1n) is 11.0. The van der Waals surface area contributed by atoms with Gasteiger partial charge in [-0.25, -0.2) is 22.6 Å². The SMILES string of the molecule is CC(C)(O)c1cn(-c2ccc(-c3ccc(OC(=O)O)c(S(C)(=O)=O)c3)cc2Cl)c(-c2cccc(F)c2Cl)n1. The summed E-state index contributed by atoms with van der Waals surface area (Å²) < 4.78 is 45.0. The van der Waals surface area contributed by atoms with Gasteiger partial charge in [0.1, 0.15) is 22.1 Å². The minimum absolute atomic E-state index is 0.147. The van der Waals surface area contributed by atoms with Crippen molar-refractivity contribution in [1.82, 2.24) is 9.55 Å². The van der Waals surface area contributed by atoms with Crippen LogP contribution in [0.3, 0.4) is 0 Å². The average Bonchev–Trinajstić information content (AvgIpc) is 3.25. The van der Waals surface area contributed by atoms with Crippen molar-refractivity contribution >= 4 is 39.2 Å². The van der Waals surface area contributed by atoms with Crippen molar-refractivity contribution in [1.29, 1.82) is 0 Å². The molecule has 0 aliphatic carbocycles. The minimum atomic E-state index is -3.83. The van der Waals surface area contributed by atoms with E-state index in [0.717, 1.165) is 6.26 Å². The van der Waals surface area contributed by atoms with Crippen LogP contribution < -0.4 is 4.74 Å². The minimum Gasteiger partial charge on any atom is -0.449 e. The molecule has 8 nitrogen and oxygen atoms in total. The fourth-order valence-corrected chi connectivity index (χ4v) is 5.06. The van der Waals surface area contributed by atoms with Gasteiger partial charge in [-0.05, 0) is 61.4 Å². The molecule has 1 aromatic heterocycles. The molecule has 0 amide bonds. The fourth-order valence-electron chi connectivity index (χ4n) is 3.76. The van der Waals surface area contributed by atoms with E-state index in [4.69, 9.17) is 28.3 Å². The molecule has 0 bridgehead atoms. The van der Waals surface area contributed by atoms with Crippen LogP contribution in [0.2, 0.25) is 10.0 Å². The molecule has 0 radical (unpaired) electrons. The molecular weight excluding hydrogens is 558 g/mol. The summed E-state index contributed by atoms with van der Waals surface area (Å²) in [6, 6.07) is 13.2. The van der Waals surface area contributed by atoms with Crippen LogP contribution in [-0.4, -0.2) is 40.6 Å². The summed E-state index contributed by atoms with van der Waals surface area (Å²) in [6.45, 7) is 3.11. The molecule has 0 spiro atoms. The van der Waals surface area contributed by atoms with Crippen LogP contribution in [0.4, 0.5) is 9.18 Å². The summed E-state index contributed by atoms with van der Waals surface area (Å²) in [4.78, 5) is 15.2. The molecule has 0 saturated carbocycles. The highest BCUT2D eigenvalue weighted by molar-refractivity contribution is 7.90. The van der Waals surface area contributed by atoms with Gasteiger partial charge in [0.05, 0.1) is 21.4 Å². The lowest BCUT2D eigenvalue weighted by Crippen LogP contribution is -2.15. The van der Waals surface area contributed by atoms with Gasteiger partial charge in [0.25, 0.3) is 0 Å². The summed E-state index contributed by atoms with van der Waals surface area (Å²) in [6.07, 6.45) is 0.863. The van der Waals surface area contributed by atoms with Crippen LogP contribution in [0.5, 0.6) is 5.75 Å². The number of hydrogen-bond acceptors (Lipinski definition) is 6. The van der Waals surface area contributed by atoms with E-state index < -0.39 is 27.4 Å². The number of imidazole rings is 1. The van der Waals surface area contributed by atoms with Crippen LogP contribution in [0.25, 0.3) is 28.2 Å². The Labute approximate surface area is 227 Å². The Morgan fingerprint density at radius 2 is 1.74 bits per heavy atom. The Morgan fingerprint density at radius 3 is 2.34 bits per heavy atom. The van der Waals surface area contributed by atoms with Crippen molar-refractivity contribution in [2.75, 3.05) is 6.26 Å². The van der Waals surface area contributed by atoms with Crippen LogP contribution >= 0.6 is 23.2 Å². The van der Waals surface area contributed by atoms with Gasteiger partial charge in [-0.15, -0.1) is 0 Å². The van der Waals surface area contributed by atoms with Crippen molar-refractivity contribution < 1.29 is 32.6 Å². The maximum Gasteiger partial charge on any atom is 0.511 e. The second-order valence-corrected chi connectivity index (χ2v) is 11.7. The highest BCUT2D eigenvalue weighted by Crippen LogP contribution is 2.37. The van der Waals surface area contributed by atoms with Crippen molar-refractivity contribution in [2.24, 2.45) is 0 Å². The smallest absolute Gasteiger partial charge is 0.449 e. The number of halogens is 3. The molecule has 38 heavy (non-hydrogen) atoms. The van der Waals surface area contributed by atoms with Crippen LogP contribution in [0.15, 0.2) is 65.7 Å². The Morgan fingerprint density at radius 1 is 1.08 bits per heavy atom. The third kappa shape index (κ3) is 5.53. The zero-order chi connectivity index (χ0) is 28.0. The van der Waals surface area contributed by atoms with Gasteiger partial charge in [0.15, 0.2) is 15.6 Å². The first kappa shape index (κ1) is 27.6. The summed E-state index contributed by atoms with van der Waals surface area (Å²) in [5.74, 6) is -0.710. The topological polar surface area (TPSA) is 119 Å². The number of sulfone groups is 1. The first-order chi connectivity index (χ1) is 17.7. The van der Waals surface area contributed by atoms with Gasteiger partial charge in [-0.1, -0.05) is 41.4 Å². The molecule has 198 valence electrons. The van der Waals surface area contributed by atoms with Crippen LogP contribution in [0, 0.1) is 5.82 Å². The van der Waals surface area contributed by atoms with Crippen LogP contribution in [0.1, 0.15) is 19.5 Å². The van der Waals surface area contributed by atoms with E-state index in [2.05, 4.69) is 9.72 Å². The number of carbonyl (C=O) groups is 1. The maximum atomic E-state index is 14.2. The van der Waals surface area contributed by atoms with Gasteiger partial charge in [-0.3, -0.25) is 4.57 Å². The van der Waals surface area contributed by atoms with Gasteiger partial charge in [-0.2, -0.15) is 0 Å². The normalized spacial score (nSPS) is 12.0. The van der Waals surface area contributed by atoms with Gasteiger partial charge >= 0.3 is 6.16 Å². The number of aromatic nitrogens is 2. The van der Waals surface area contributed by atoms with E-state index in [1.807, 2.05) is 0 Å². The predicted octanol–water partition coefficient (Wildman–Crippen LogP) is 6.34. The molecule has 0 atom stereocenters. The van der Waals surface area contributed by atoms with E-state index >= 15 is 0 Å². The molecule has 4 aromatic rings. The second-order valence-electron chi connectivity index (χ2n) is 8.95. The number of benzene rings is 3. The standard InChI is InChI=1S/C26H21Cl2FN2O6S/c1-26(2,34)22-13-31(24(30-22)16-5-4-6-18(29)23(16)28)19-9-7-14(11-17(19)27)15-8-10-20(37-25(32)33)21(12-15)38(3,35)36/h4-13,34H,1-3H3,(H,32,33). The van der Waals surface area contributed by atoms with E-state index in [-0.39, 0.29) is 32.1 Å². The molecule has 0 unspecified atom stereocenters.